The Hall–Kier alpha value is -1.53. The van der Waals surface area contributed by atoms with E-state index in [0.717, 1.165) is 6.42 Å². The van der Waals surface area contributed by atoms with Crippen LogP contribution in [0, 0.1) is 0 Å². The van der Waals surface area contributed by atoms with Gasteiger partial charge in [-0.25, -0.2) is 0 Å². The number of rotatable bonds is 8. The van der Waals surface area contributed by atoms with E-state index in [2.05, 4.69) is 62.0 Å². The Balaban J connectivity index is 0.000000246. The zero-order chi connectivity index (χ0) is 17.0. The minimum atomic E-state index is 0. The highest BCUT2D eigenvalue weighted by atomic mass is 35.5. The van der Waals surface area contributed by atoms with Crippen LogP contribution >= 0.6 is 12.4 Å². The third-order valence-corrected chi connectivity index (χ3v) is 4.72. The molecule has 0 saturated heterocycles. The van der Waals surface area contributed by atoms with E-state index in [1.165, 1.54) is 73.6 Å². The lowest BCUT2D eigenvalue weighted by Crippen LogP contribution is -1.78. The van der Waals surface area contributed by atoms with Gasteiger partial charge in [0.2, 0.25) is 0 Å². The molecule has 25 heavy (non-hydrogen) atoms. The van der Waals surface area contributed by atoms with E-state index in [1.54, 1.807) is 0 Å². The van der Waals surface area contributed by atoms with Gasteiger partial charge < -0.3 is 0 Å². The number of hydrogen-bond acceptors (Lipinski definition) is 0. The Morgan fingerprint density at radius 2 is 1.24 bits per heavy atom. The molecule has 0 bridgehead atoms. The van der Waals surface area contributed by atoms with Gasteiger partial charge in [-0.2, -0.15) is 0 Å². The third kappa shape index (κ3) is 7.08. The Morgan fingerprint density at radius 1 is 0.760 bits per heavy atom. The van der Waals surface area contributed by atoms with Crippen molar-refractivity contribution >= 4 is 12.4 Å². The first kappa shape index (κ1) is 21.5. The lowest BCUT2D eigenvalue weighted by atomic mass is 10.1. The summed E-state index contributed by atoms with van der Waals surface area (Å²) in [6.07, 6.45) is 14.1. The molecule has 0 aliphatic heterocycles. The van der Waals surface area contributed by atoms with E-state index in [4.69, 9.17) is 0 Å². The zero-order valence-corrected chi connectivity index (χ0v) is 16.5. The van der Waals surface area contributed by atoms with Crippen molar-refractivity contribution in [2.45, 2.75) is 64.7 Å². The van der Waals surface area contributed by atoms with Gasteiger partial charge in [0.25, 0.3) is 0 Å². The number of fused-ring (bicyclic) bond motifs is 3. The summed E-state index contributed by atoms with van der Waals surface area (Å²) in [5.41, 5.74) is 5.75. The average molecular weight is 357 g/mol. The van der Waals surface area contributed by atoms with Gasteiger partial charge in [-0.3, -0.25) is 0 Å². The first-order valence-corrected chi connectivity index (χ1v) is 9.64. The van der Waals surface area contributed by atoms with E-state index in [-0.39, 0.29) is 12.4 Å². The van der Waals surface area contributed by atoms with E-state index < -0.39 is 0 Å². The second kappa shape index (κ2) is 12.8. The maximum absolute atomic E-state index is 3.71. The predicted molar refractivity (Wildman–Crippen MR) is 115 cm³/mol. The van der Waals surface area contributed by atoms with Crippen molar-refractivity contribution in [3.63, 3.8) is 0 Å². The van der Waals surface area contributed by atoms with Crippen molar-refractivity contribution in [1.29, 1.82) is 0 Å². The molecule has 1 heteroatoms. The molecule has 2 aromatic rings. The molecule has 0 unspecified atom stereocenters. The van der Waals surface area contributed by atoms with Gasteiger partial charge in [0.15, 0.2) is 0 Å². The quantitative estimate of drug-likeness (QED) is 0.283. The molecule has 0 atom stereocenters. The Bertz CT molecular complexity index is 571. The summed E-state index contributed by atoms with van der Waals surface area (Å²) in [6.45, 7) is 5.97. The van der Waals surface area contributed by atoms with Gasteiger partial charge in [0.05, 0.1) is 0 Å². The highest BCUT2D eigenvalue weighted by Gasteiger charge is 2.15. The minimum Gasteiger partial charge on any atom is -0.147 e. The Labute approximate surface area is 160 Å². The molecule has 0 spiro atoms. The molecule has 0 fully saturated rings. The predicted octanol–water partition coefficient (Wildman–Crippen LogP) is 7.99. The standard InChI is InChI=1S/C13H10.C11H22.ClH/c1-3-7-12-10(5-1)9-11-6-2-4-8-13(11)12;1-3-5-7-9-11-10-8-6-4-2;/h1-8H,9H2;3H,1,4-11H2,2H3;1H. The second-order valence-corrected chi connectivity index (χ2v) is 6.69. The maximum Gasteiger partial charge on any atom is -0.00135 e. The molecular weight excluding hydrogens is 324 g/mol. The Morgan fingerprint density at radius 3 is 1.76 bits per heavy atom. The van der Waals surface area contributed by atoms with Crippen LogP contribution in [0.2, 0.25) is 0 Å². The SMILES string of the molecule is C=CCCCCCCCCC.Cl.c1ccc2c(c1)Cc1ccccc1-2. The van der Waals surface area contributed by atoms with Crippen molar-refractivity contribution in [3.8, 4) is 11.1 Å². The normalized spacial score (nSPS) is 10.8. The fourth-order valence-corrected chi connectivity index (χ4v) is 3.33. The molecule has 3 rings (SSSR count). The smallest absolute Gasteiger partial charge is 0.00135 e. The third-order valence-electron chi connectivity index (χ3n) is 4.72. The van der Waals surface area contributed by atoms with Crippen LogP contribution in [0.25, 0.3) is 11.1 Å². The van der Waals surface area contributed by atoms with Crippen molar-refractivity contribution in [3.05, 3.63) is 72.3 Å². The molecule has 2 aromatic carbocycles. The fourth-order valence-electron chi connectivity index (χ4n) is 3.33. The first-order chi connectivity index (χ1) is 11.9. The van der Waals surface area contributed by atoms with E-state index in [9.17, 15) is 0 Å². The van der Waals surface area contributed by atoms with E-state index in [0.29, 0.717) is 0 Å². The summed E-state index contributed by atoms with van der Waals surface area (Å²) < 4.78 is 0. The van der Waals surface area contributed by atoms with Crippen LogP contribution in [0.1, 0.15) is 69.4 Å². The summed E-state index contributed by atoms with van der Waals surface area (Å²) in [5, 5.41) is 0. The van der Waals surface area contributed by atoms with E-state index >= 15 is 0 Å². The molecule has 0 N–H and O–H groups in total. The maximum atomic E-state index is 3.71. The zero-order valence-electron chi connectivity index (χ0n) is 15.7. The van der Waals surface area contributed by atoms with Gasteiger partial charge in [0, 0.05) is 0 Å². The highest BCUT2D eigenvalue weighted by molar-refractivity contribution is 5.85. The van der Waals surface area contributed by atoms with Crippen molar-refractivity contribution < 1.29 is 0 Å². The molecule has 136 valence electrons. The van der Waals surface area contributed by atoms with Crippen LogP contribution < -0.4 is 0 Å². The van der Waals surface area contributed by atoms with Crippen LogP contribution in [0.4, 0.5) is 0 Å². The molecule has 0 saturated carbocycles. The largest absolute Gasteiger partial charge is 0.147 e. The number of halogens is 1. The van der Waals surface area contributed by atoms with Gasteiger partial charge in [-0.15, -0.1) is 19.0 Å². The minimum absolute atomic E-state index is 0. The van der Waals surface area contributed by atoms with Gasteiger partial charge in [-0.05, 0) is 41.5 Å². The number of unbranched alkanes of at least 4 members (excludes halogenated alkanes) is 7. The molecule has 0 aromatic heterocycles. The van der Waals surface area contributed by atoms with Gasteiger partial charge >= 0.3 is 0 Å². The first-order valence-electron chi connectivity index (χ1n) is 9.64. The summed E-state index contributed by atoms with van der Waals surface area (Å²) in [4.78, 5) is 0. The van der Waals surface area contributed by atoms with E-state index in [1.807, 2.05) is 6.08 Å². The molecular formula is C24H33Cl. The summed E-state index contributed by atoms with van der Waals surface area (Å²) in [6, 6.07) is 17.3. The van der Waals surface area contributed by atoms with Crippen molar-refractivity contribution in [2.24, 2.45) is 0 Å². The molecule has 0 heterocycles. The van der Waals surface area contributed by atoms with Crippen molar-refractivity contribution in [2.75, 3.05) is 0 Å². The Kier molecular flexibility index (Phi) is 11.0. The molecule has 0 amide bonds. The fraction of sp³-hybridized carbons (Fsp3) is 0.417. The van der Waals surface area contributed by atoms with Crippen LogP contribution in [-0.2, 0) is 6.42 Å². The molecule has 1 aliphatic rings. The molecule has 0 radical (unpaired) electrons. The summed E-state index contributed by atoms with van der Waals surface area (Å²) in [7, 11) is 0. The van der Waals surface area contributed by atoms with Gasteiger partial charge in [0.1, 0.15) is 0 Å². The number of allylic oxidation sites excluding steroid dienone is 1. The summed E-state index contributed by atoms with van der Waals surface area (Å²) >= 11 is 0. The van der Waals surface area contributed by atoms with Gasteiger partial charge in [-0.1, -0.05) is 100 Å². The average Bonchev–Trinajstić information content (AvgIpc) is 3.00. The summed E-state index contributed by atoms with van der Waals surface area (Å²) in [5.74, 6) is 0. The highest BCUT2D eigenvalue weighted by Crippen LogP contribution is 2.35. The van der Waals surface area contributed by atoms with Crippen LogP contribution in [0.5, 0.6) is 0 Å². The lowest BCUT2D eigenvalue weighted by molar-refractivity contribution is 0.592. The molecule has 1 aliphatic carbocycles. The monoisotopic (exact) mass is 356 g/mol. The molecule has 0 nitrogen and oxygen atoms in total. The van der Waals surface area contributed by atoms with Crippen LogP contribution in [0.3, 0.4) is 0 Å². The topological polar surface area (TPSA) is 0 Å². The number of benzene rings is 2. The number of hydrogen-bond donors (Lipinski definition) is 0. The lowest BCUT2D eigenvalue weighted by Gasteiger charge is -1.98. The van der Waals surface area contributed by atoms with Crippen molar-refractivity contribution in [1.82, 2.24) is 0 Å². The van der Waals surface area contributed by atoms with Crippen LogP contribution in [0.15, 0.2) is 61.2 Å². The second-order valence-electron chi connectivity index (χ2n) is 6.69. The van der Waals surface area contributed by atoms with Crippen LogP contribution in [-0.4, -0.2) is 0 Å².